The van der Waals surface area contributed by atoms with Gasteiger partial charge in [0.05, 0.1) is 18.3 Å². The molecule has 1 aliphatic rings. The van der Waals surface area contributed by atoms with Crippen molar-refractivity contribution in [2.24, 2.45) is 5.92 Å². The van der Waals surface area contributed by atoms with Gasteiger partial charge >= 0.3 is 6.36 Å². The molecule has 1 heterocycles. The van der Waals surface area contributed by atoms with E-state index < -0.39 is 18.1 Å². The molecule has 1 saturated heterocycles. The van der Waals surface area contributed by atoms with Gasteiger partial charge in [-0.3, -0.25) is 0 Å². The maximum absolute atomic E-state index is 12.5. The molecule has 1 aromatic carbocycles. The Kier molecular flexibility index (Phi) is 5.54. The van der Waals surface area contributed by atoms with Crippen LogP contribution in [0, 0.1) is 5.92 Å². The summed E-state index contributed by atoms with van der Waals surface area (Å²) in [4.78, 5) is 0. The highest BCUT2D eigenvalue weighted by Gasteiger charge is 2.42. The third kappa shape index (κ3) is 4.59. The van der Waals surface area contributed by atoms with Crippen molar-refractivity contribution in [3.63, 3.8) is 0 Å². The first-order valence-corrected chi connectivity index (χ1v) is 7.61. The van der Waals surface area contributed by atoms with Crippen LogP contribution in [0.3, 0.4) is 0 Å². The maximum Gasteiger partial charge on any atom is 0.573 e. The second kappa shape index (κ2) is 7.07. The first kappa shape index (κ1) is 18.0. The minimum Gasteiger partial charge on any atom is -0.406 e. The van der Waals surface area contributed by atoms with Gasteiger partial charge in [0.15, 0.2) is 0 Å². The number of hydrogen-bond donors (Lipinski definition) is 2. The number of benzene rings is 1. The molecule has 0 spiro atoms. The third-order valence-corrected chi connectivity index (χ3v) is 4.16. The summed E-state index contributed by atoms with van der Waals surface area (Å²) in [6.07, 6.45) is -5.24. The Hall–Kier alpha value is -1.31. The Bertz CT molecular complexity index is 516. The van der Waals surface area contributed by atoms with E-state index in [0.717, 1.165) is 0 Å². The Morgan fingerprint density at radius 2 is 2.04 bits per heavy atom. The van der Waals surface area contributed by atoms with E-state index in [0.29, 0.717) is 25.3 Å². The molecule has 1 aromatic rings. The van der Waals surface area contributed by atoms with E-state index in [2.05, 4.69) is 10.1 Å². The molecular weight excluding hydrogens is 311 g/mol. The van der Waals surface area contributed by atoms with Gasteiger partial charge in [-0.2, -0.15) is 0 Å². The number of para-hydroxylation sites is 1. The number of ether oxygens (including phenoxy) is 2. The first-order valence-electron chi connectivity index (χ1n) is 7.61. The fraction of sp³-hybridized carbons (Fsp3) is 0.625. The van der Waals surface area contributed by atoms with E-state index in [1.165, 1.54) is 18.2 Å². The Morgan fingerprint density at radius 1 is 1.35 bits per heavy atom. The lowest BCUT2D eigenvalue weighted by Crippen LogP contribution is -2.57. The van der Waals surface area contributed by atoms with Crippen LogP contribution < -0.4 is 10.1 Å². The van der Waals surface area contributed by atoms with E-state index >= 15 is 0 Å². The molecule has 2 atom stereocenters. The zero-order valence-corrected chi connectivity index (χ0v) is 13.2. The summed E-state index contributed by atoms with van der Waals surface area (Å²) < 4.78 is 47.4. The van der Waals surface area contributed by atoms with Crippen LogP contribution in [-0.2, 0) is 11.2 Å². The van der Waals surface area contributed by atoms with E-state index in [1.807, 2.05) is 13.8 Å². The maximum atomic E-state index is 12.5. The van der Waals surface area contributed by atoms with Gasteiger partial charge in [-0.15, -0.1) is 13.2 Å². The summed E-state index contributed by atoms with van der Waals surface area (Å²) >= 11 is 0. The number of alkyl halides is 3. The van der Waals surface area contributed by atoms with Crippen molar-refractivity contribution in [3.8, 4) is 5.75 Å². The van der Waals surface area contributed by atoms with Gasteiger partial charge in [0.2, 0.25) is 0 Å². The summed E-state index contributed by atoms with van der Waals surface area (Å²) in [5.41, 5.74) is -0.992. The van der Waals surface area contributed by atoms with Crippen molar-refractivity contribution >= 4 is 0 Å². The number of halogens is 3. The van der Waals surface area contributed by atoms with Crippen LogP contribution in [0.15, 0.2) is 24.3 Å². The van der Waals surface area contributed by atoms with Crippen LogP contribution in [0.4, 0.5) is 13.2 Å². The highest BCUT2D eigenvalue weighted by molar-refractivity contribution is 5.35. The number of aliphatic hydroxyl groups is 1. The number of nitrogens with one attached hydrogen (secondary N) is 1. The minimum atomic E-state index is -4.77. The molecule has 1 fully saturated rings. The van der Waals surface area contributed by atoms with Crippen molar-refractivity contribution in [2.45, 2.75) is 38.3 Å². The largest absolute Gasteiger partial charge is 0.573 e. The topological polar surface area (TPSA) is 50.7 Å². The van der Waals surface area contributed by atoms with Gasteiger partial charge in [-0.05, 0) is 17.5 Å². The molecule has 130 valence electrons. The first-order chi connectivity index (χ1) is 10.7. The van der Waals surface area contributed by atoms with Gasteiger partial charge in [0.1, 0.15) is 5.75 Å². The highest BCUT2D eigenvalue weighted by Crippen LogP contribution is 2.34. The molecule has 0 amide bonds. The molecule has 1 aliphatic heterocycles. The van der Waals surface area contributed by atoms with Crippen molar-refractivity contribution in [1.29, 1.82) is 0 Å². The van der Waals surface area contributed by atoms with Crippen molar-refractivity contribution < 1.29 is 27.8 Å². The summed E-state index contributed by atoms with van der Waals surface area (Å²) in [6, 6.07) is 5.88. The standard InChI is InChI=1S/C16H22F3NO3/c1-11(2)15(21,14-10-20-7-8-22-14)9-12-5-3-4-6-13(12)23-16(17,18)19/h3-6,11,14,20-21H,7-10H2,1-2H3. The smallest absolute Gasteiger partial charge is 0.406 e. The van der Waals surface area contributed by atoms with E-state index in [4.69, 9.17) is 4.74 Å². The Morgan fingerprint density at radius 3 is 2.61 bits per heavy atom. The number of rotatable bonds is 5. The minimum absolute atomic E-state index is 0.0171. The predicted molar refractivity (Wildman–Crippen MR) is 79.2 cm³/mol. The van der Waals surface area contributed by atoms with Gasteiger partial charge in [-0.1, -0.05) is 32.0 Å². The van der Waals surface area contributed by atoms with Crippen LogP contribution in [0.1, 0.15) is 19.4 Å². The van der Waals surface area contributed by atoms with Crippen LogP contribution in [0.5, 0.6) is 5.75 Å². The van der Waals surface area contributed by atoms with Gasteiger partial charge in [-0.25, -0.2) is 0 Å². The monoisotopic (exact) mass is 333 g/mol. The van der Waals surface area contributed by atoms with Gasteiger partial charge < -0.3 is 19.9 Å². The summed E-state index contributed by atoms with van der Waals surface area (Å²) in [7, 11) is 0. The van der Waals surface area contributed by atoms with E-state index in [9.17, 15) is 18.3 Å². The van der Waals surface area contributed by atoms with Crippen LogP contribution in [0.2, 0.25) is 0 Å². The predicted octanol–water partition coefficient (Wildman–Crippen LogP) is 2.50. The molecule has 7 heteroatoms. The van der Waals surface area contributed by atoms with E-state index in [1.54, 1.807) is 6.07 Å². The van der Waals surface area contributed by atoms with Crippen molar-refractivity contribution in [2.75, 3.05) is 19.7 Å². The molecule has 0 radical (unpaired) electrons. The average Bonchev–Trinajstić information content (AvgIpc) is 2.48. The lowest BCUT2D eigenvalue weighted by molar-refractivity contribution is -0.275. The second-order valence-electron chi connectivity index (χ2n) is 6.04. The average molecular weight is 333 g/mol. The third-order valence-electron chi connectivity index (χ3n) is 4.16. The summed E-state index contributed by atoms with van der Waals surface area (Å²) in [5.74, 6) is -0.491. The number of morpholine rings is 1. The molecule has 2 N–H and O–H groups in total. The summed E-state index contributed by atoms with van der Waals surface area (Å²) in [6.45, 7) is 5.26. The van der Waals surface area contributed by atoms with Gasteiger partial charge in [0.25, 0.3) is 0 Å². The van der Waals surface area contributed by atoms with Crippen LogP contribution >= 0.6 is 0 Å². The lowest BCUT2D eigenvalue weighted by atomic mass is 9.79. The molecule has 0 aliphatic carbocycles. The van der Waals surface area contributed by atoms with Crippen molar-refractivity contribution in [1.82, 2.24) is 5.32 Å². The fourth-order valence-electron chi connectivity index (χ4n) is 2.76. The van der Waals surface area contributed by atoms with Gasteiger partial charge in [0, 0.05) is 19.5 Å². The Balaban J connectivity index is 2.26. The number of hydrogen-bond acceptors (Lipinski definition) is 4. The van der Waals surface area contributed by atoms with Crippen LogP contribution in [0.25, 0.3) is 0 Å². The molecule has 0 bridgehead atoms. The summed E-state index contributed by atoms with van der Waals surface area (Å²) in [5, 5.41) is 14.2. The molecule has 4 nitrogen and oxygen atoms in total. The molecule has 0 aromatic heterocycles. The van der Waals surface area contributed by atoms with Crippen molar-refractivity contribution in [3.05, 3.63) is 29.8 Å². The Labute approximate surface area is 133 Å². The quantitative estimate of drug-likeness (QED) is 0.869. The lowest BCUT2D eigenvalue weighted by Gasteiger charge is -2.41. The molecule has 2 unspecified atom stereocenters. The SMILES string of the molecule is CC(C)C(O)(Cc1ccccc1OC(F)(F)F)C1CNCCO1. The second-order valence-corrected chi connectivity index (χ2v) is 6.04. The fourth-order valence-corrected chi connectivity index (χ4v) is 2.76. The zero-order chi connectivity index (χ0) is 17.1. The van der Waals surface area contributed by atoms with Crippen LogP contribution in [-0.4, -0.2) is 42.9 Å². The van der Waals surface area contributed by atoms with E-state index in [-0.39, 0.29) is 18.1 Å². The normalized spacial score (nSPS) is 22.0. The zero-order valence-electron chi connectivity index (χ0n) is 13.2. The highest BCUT2D eigenvalue weighted by atomic mass is 19.4. The molecular formula is C16H22F3NO3. The molecule has 0 saturated carbocycles. The molecule has 2 rings (SSSR count). The molecule has 23 heavy (non-hydrogen) atoms.